The van der Waals surface area contributed by atoms with Crippen LogP contribution in [-0.4, -0.2) is 42.1 Å². The summed E-state index contributed by atoms with van der Waals surface area (Å²) in [5.41, 5.74) is 0.323. The fourth-order valence-electron chi connectivity index (χ4n) is 2.11. The number of aryl methyl sites for hydroxylation is 1. The molecule has 1 aromatic heterocycles. The van der Waals surface area contributed by atoms with Crippen LogP contribution in [0.3, 0.4) is 0 Å². The Kier molecular flexibility index (Phi) is 3.64. The van der Waals surface area contributed by atoms with E-state index in [2.05, 4.69) is 5.16 Å². The Morgan fingerprint density at radius 2 is 2.11 bits per heavy atom. The highest BCUT2D eigenvalue weighted by atomic mass is 16.5. The maximum Gasteiger partial charge on any atom is 0.308 e. The van der Waals surface area contributed by atoms with Gasteiger partial charge in [0.1, 0.15) is 5.76 Å². The van der Waals surface area contributed by atoms with Crippen LogP contribution in [0.4, 0.5) is 0 Å². The number of ether oxygens (including phenoxy) is 1. The highest BCUT2D eigenvalue weighted by molar-refractivity contribution is 5.92. The van der Waals surface area contributed by atoms with E-state index in [0.29, 0.717) is 37.4 Å². The van der Waals surface area contributed by atoms with Crippen LogP contribution in [0.25, 0.3) is 0 Å². The molecule has 1 saturated heterocycles. The average molecular weight is 252 g/mol. The van der Waals surface area contributed by atoms with Gasteiger partial charge in [-0.15, -0.1) is 0 Å². The Labute approximate surface area is 105 Å². The van der Waals surface area contributed by atoms with Crippen molar-refractivity contribution in [2.24, 2.45) is 5.92 Å². The summed E-state index contributed by atoms with van der Waals surface area (Å²) >= 11 is 0. The summed E-state index contributed by atoms with van der Waals surface area (Å²) in [6.07, 6.45) is 1.27. The van der Waals surface area contributed by atoms with Gasteiger partial charge in [-0.3, -0.25) is 9.59 Å². The third-order valence-electron chi connectivity index (χ3n) is 3.16. The largest absolute Gasteiger partial charge is 0.469 e. The van der Waals surface area contributed by atoms with Gasteiger partial charge >= 0.3 is 5.97 Å². The zero-order chi connectivity index (χ0) is 13.1. The minimum Gasteiger partial charge on any atom is -0.469 e. The number of hydrogen-bond donors (Lipinski definition) is 0. The van der Waals surface area contributed by atoms with Crippen molar-refractivity contribution in [2.75, 3.05) is 20.2 Å². The van der Waals surface area contributed by atoms with Crippen molar-refractivity contribution in [2.45, 2.75) is 19.8 Å². The fourth-order valence-corrected chi connectivity index (χ4v) is 2.11. The number of hydrogen-bond acceptors (Lipinski definition) is 5. The van der Waals surface area contributed by atoms with Crippen LogP contribution in [0.5, 0.6) is 0 Å². The van der Waals surface area contributed by atoms with E-state index >= 15 is 0 Å². The first-order valence-corrected chi connectivity index (χ1v) is 5.92. The van der Waals surface area contributed by atoms with Gasteiger partial charge in [0.2, 0.25) is 0 Å². The van der Waals surface area contributed by atoms with E-state index in [9.17, 15) is 9.59 Å². The molecule has 0 bridgehead atoms. The first-order chi connectivity index (χ1) is 8.61. The van der Waals surface area contributed by atoms with Gasteiger partial charge in [0, 0.05) is 19.2 Å². The van der Waals surface area contributed by atoms with E-state index in [0.717, 1.165) is 0 Å². The van der Waals surface area contributed by atoms with Crippen molar-refractivity contribution >= 4 is 11.9 Å². The van der Waals surface area contributed by atoms with Crippen LogP contribution in [-0.2, 0) is 9.53 Å². The molecule has 1 amide bonds. The van der Waals surface area contributed by atoms with Gasteiger partial charge in [0.25, 0.3) is 5.91 Å². The maximum atomic E-state index is 12.0. The third-order valence-corrected chi connectivity index (χ3v) is 3.16. The number of likely N-dealkylation sites (tertiary alicyclic amines) is 1. The van der Waals surface area contributed by atoms with Gasteiger partial charge in [0.05, 0.1) is 13.0 Å². The number of amides is 1. The molecular weight excluding hydrogens is 236 g/mol. The summed E-state index contributed by atoms with van der Waals surface area (Å²) in [5, 5.41) is 3.70. The van der Waals surface area contributed by atoms with Crippen LogP contribution in [0.15, 0.2) is 10.6 Å². The molecule has 1 aliphatic heterocycles. The minimum atomic E-state index is -0.195. The number of rotatable bonds is 2. The van der Waals surface area contributed by atoms with Crippen LogP contribution in [0, 0.1) is 12.8 Å². The molecule has 2 rings (SSSR count). The number of methoxy groups -OCH3 is 1. The van der Waals surface area contributed by atoms with Crippen molar-refractivity contribution in [3.63, 3.8) is 0 Å². The summed E-state index contributed by atoms with van der Waals surface area (Å²) in [5.74, 6) is 0.176. The lowest BCUT2D eigenvalue weighted by atomic mass is 9.97. The Balaban J connectivity index is 1.94. The predicted octanol–water partition coefficient (Wildman–Crippen LogP) is 1.01. The van der Waals surface area contributed by atoms with E-state index in [4.69, 9.17) is 9.26 Å². The summed E-state index contributed by atoms with van der Waals surface area (Å²) in [7, 11) is 1.39. The zero-order valence-electron chi connectivity index (χ0n) is 10.5. The molecule has 6 heteroatoms. The smallest absolute Gasteiger partial charge is 0.308 e. The van der Waals surface area contributed by atoms with E-state index in [1.807, 2.05) is 0 Å². The van der Waals surface area contributed by atoms with Crippen molar-refractivity contribution in [1.82, 2.24) is 10.1 Å². The number of piperidine rings is 1. The second-order valence-electron chi connectivity index (χ2n) is 4.41. The van der Waals surface area contributed by atoms with Gasteiger partial charge in [-0.2, -0.15) is 0 Å². The third kappa shape index (κ3) is 2.52. The Bertz CT molecular complexity index is 447. The van der Waals surface area contributed by atoms with E-state index < -0.39 is 0 Å². The number of aromatic nitrogens is 1. The molecule has 2 heterocycles. The molecule has 0 radical (unpaired) electrons. The second kappa shape index (κ2) is 5.20. The van der Waals surface area contributed by atoms with Crippen LogP contribution < -0.4 is 0 Å². The van der Waals surface area contributed by atoms with Crippen LogP contribution >= 0.6 is 0 Å². The van der Waals surface area contributed by atoms with Gasteiger partial charge in [-0.05, 0) is 19.8 Å². The second-order valence-corrected chi connectivity index (χ2v) is 4.41. The average Bonchev–Trinajstić information content (AvgIpc) is 2.84. The monoisotopic (exact) mass is 252 g/mol. The molecule has 0 saturated carbocycles. The van der Waals surface area contributed by atoms with E-state index in [1.165, 1.54) is 7.11 Å². The standard InChI is InChI=1S/C12H16N2O4/c1-8-7-10(13-18-8)11(15)14-5-3-9(4-6-14)12(16)17-2/h7,9H,3-6H2,1-2H3. The first-order valence-electron chi connectivity index (χ1n) is 5.92. The SMILES string of the molecule is COC(=O)C1CCN(C(=O)c2cc(C)on2)CC1. The predicted molar refractivity (Wildman–Crippen MR) is 61.9 cm³/mol. The molecule has 0 spiro atoms. The highest BCUT2D eigenvalue weighted by Crippen LogP contribution is 2.20. The number of nitrogens with zero attached hydrogens (tertiary/aromatic N) is 2. The van der Waals surface area contributed by atoms with Gasteiger partial charge in [-0.1, -0.05) is 5.16 Å². The molecule has 18 heavy (non-hydrogen) atoms. The molecule has 0 aromatic carbocycles. The van der Waals surface area contributed by atoms with Crippen molar-refractivity contribution < 1.29 is 18.8 Å². The van der Waals surface area contributed by atoms with Crippen molar-refractivity contribution in [1.29, 1.82) is 0 Å². The first kappa shape index (κ1) is 12.6. The summed E-state index contributed by atoms with van der Waals surface area (Å²) in [4.78, 5) is 25.1. The normalized spacial score (nSPS) is 16.7. The minimum absolute atomic E-state index is 0.0990. The number of esters is 1. The summed E-state index contributed by atoms with van der Waals surface area (Å²) in [6.45, 7) is 2.84. The molecule has 0 atom stereocenters. The molecule has 1 aromatic rings. The highest BCUT2D eigenvalue weighted by Gasteiger charge is 2.29. The van der Waals surface area contributed by atoms with Crippen LogP contribution in [0.2, 0.25) is 0 Å². The van der Waals surface area contributed by atoms with Gasteiger partial charge in [0.15, 0.2) is 5.69 Å². The maximum absolute atomic E-state index is 12.0. The molecule has 0 N–H and O–H groups in total. The zero-order valence-corrected chi connectivity index (χ0v) is 10.5. The quantitative estimate of drug-likeness (QED) is 0.734. The molecule has 0 aliphatic carbocycles. The summed E-state index contributed by atoms with van der Waals surface area (Å²) in [6, 6.07) is 1.62. The molecule has 98 valence electrons. The molecule has 6 nitrogen and oxygen atoms in total. The summed E-state index contributed by atoms with van der Waals surface area (Å²) < 4.78 is 9.59. The number of carbonyl (C=O) groups is 2. The Hall–Kier alpha value is -1.85. The Morgan fingerprint density at radius 3 is 2.61 bits per heavy atom. The van der Waals surface area contributed by atoms with Gasteiger partial charge in [-0.25, -0.2) is 0 Å². The molecule has 1 fully saturated rings. The molecule has 1 aliphatic rings. The van der Waals surface area contributed by atoms with E-state index in [-0.39, 0.29) is 17.8 Å². The topological polar surface area (TPSA) is 72.6 Å². The lowest BCUT2D eigenvalue weighted by Gasteiger charge is -2.29. The number of carbonyl (C=O) groups excluding carboxylic acids is 2. The van der Waals surface area contributed by atoms with Crippen molar-refractivity contribution in [3.05, 3.63) is 17.5 Å². The lowest BCUT2D eigenvalue weighted by molar-refractivity contribution is -0.146. The van der Waals surface area contributed by atoms with Crippen molar-refractivity contribution in [3.8, 4) is 0 Å². The fraction of sp³-hybridized carbons (Fsp3) is 0.583. The van der Waals surface area contributed by atoms with E-state index in [1.54, 1.807) is 17.9 Å². The Morgan fingerprint density at radius 1 is 1.44 bits per heavy atom. The lowest BCUT2D eigenvalue weighted by Crippen LogP contribution is -2.40. The van der Waals surface area contributed by atoms with Gasteiger partial charge < -0.3 is 14.2 Å². The van der Waals surface area contributed by atoms with Crippen LogP contribution in [0.1, 0.15) is 29.1 Å². The molecular formula is C12H16N2O4. The molecule has 0 unspecified atom stereocenters.